The van der Waals surface area contributed by atoms with Gasteiger partial charge in [-0.2, -0.15) is 0 Å². The van der Waals surface area contributed by atoms with E-state index in [1.807, 2.05) is 6.20 Å². The Hall–Kier alpha value is -1.14. The van der Waals surface area contributed by atoms with E-state index in [2.05, 4.69) is 40.9 Å². The van der Waals surface area contributed by atoms with Gasteiger partial charge in [0.15, 0.2) is 5.01 Å². The molecule has 1 aromatic rings. The van der Waals surface area contributed by atoms with Crippen LogP contribution in [0.4, 0.5) is 5.00 Å². The zero-order chi connectivity index (χ0) is 17.3. The van der Waals surface area contributed by atoms with Crippen molar-refractivity contribution in [3.8, 4) is 0 Å². The average Bonchev–Trinajstić information content (AvgIpc) is 3.23. The molecule has 2 heterocycles. The van der Waals surface area contributed by atoms with Crippen molar-refractivity contribution in [3.05, 3.63) is 11.2 Å². The van der Waals surface area contributed by atoms with Crippen LogP contribution in [0.3, 0.4) is 0 Å². The van der Waals surface area contributed by atoms with Crippen LogP contribution in [-0.2, 0) is 0 Å². The lowest BCUT2D eigenvalue weighted by atomic mass is 9.79. The molecule has 0 spiro atoms. The van der Waals surface area contributed by atoms with Crippen LogP contribution in [0.2, 0.25) is 0 Å². The van der Waals surface area contributed by atoms with Crippen LogP contribution in [0.1, 0.15) is 49.8 Å². The number of amides is 1. The van der Waals surface area contributed by atoms with Crippen molar-refractivity contribution in [2.45, 2.75) is 46.1 Å². The Balaban J connectivity index is 1.53. The molecule has 2 aliphatic rings. The summed E-state index contributed by atoms with van der Waals surface area (Å²) < 4.78 is 0. The molecule has 2 fully saturated rings. The first-order valence-corrected chi connectivity index (χ1v) is 9.87. The third-order valence-electron chi connectivity index (χ3n) is 5.69. The summed E-state index contributed by atoms with van der Waals surface area (Å²) in [6.07, 6.45) is 5.92. The second kappa shape index (κ2) is 7.00. The topological polar surface area (TPSA) is 48.5 Å². The standard InChI is InChI=1S/C18H30N4OS/c1-18(2,3)13-5-6-14(11-13)21-7-9-22(10-8-21)15-12-20-17(24-15)16(23)19-4/h12-14H,5-11H2,1-4H3,(H,19,23). The largest absolute Gasteiger partial charge is 0.360 e. The summed E-state index contributed by atoms with van der Waals surface area (Å²) >= 11 is 1.49. The number of carbonyl (C=O) groups excluding carboxylic acids is 1. The van der Waals surface area contributed by atoms with Crippen molar-refractivity contribution in [1.29, 1.82) is 0 Å². The Bertz CT molecular complexity index is 572. The number of thiazole rings is 1. The van der Waals surface area contributed by atoms with Crippen LogP contribution in [0.25, 0.3) is 0 Å². The second-order valence-corrected chi connectivity index (χ2v) is 9.14. The summed E-state index contributed by atoms with van der Waals surface area (Å²) in [4.78, 5) is 21.0. The number of hydrogen-bond donors (Lipinski definition) is 1. The van der Waals surface area contributed by atoms with Crippen LogP contribution in [-0.4, -0.2) is 55.1 Å². The van der Waals surface area contributed by atoms with Crippen LogP contribution in [0.15, 0.2) is 6.20 Å². The predicted octanol–water partition coefficient (Wildman–Crippen LogP) is 2.84. The van der Waals surface area contributed by atoms with Crippen LogP contribution in [0, 0.1) is 11.3 Å². The molecule has 1 saturated carbocycles. The number of carbonyl (C=O) groups is 1. The lowest BCUT2D eigenvalue weighted by molar-refractivity contribution is 0.0962. The fourth-order valence-electron chi connectivity index (χ4n) is 4.01. The fraction of sp³-hybridized carbons (Fsp3) is 0.778. The molecule has 2 unspecified atom stereocenters. The molecule has 1 amide bonds. The van der Waals surface area contributed by atoms with Crippen molar-refractivity contribution < 1.29 is 4.79 Å². The lowest BCUT2D eigenvalue weighted by Crippen LogP contribution is -2.49. The number of aromatic nitrogens is 1. The number of piperazine rings is 1. The van der Waals surface area contributed by atoms with Crippen molar-refractivity contribution in [2.75, 3.05) is 38.1 Å². The quantitative estimate of drug-likeness (QED) is 0.911. The molecule has 0 aromatic carbocycles. The van der Waals surface area contributed by atoms with Gasteiger partial charge in [-0.1, -0.05) is 32.1 Å². The molecule has 24 heavy (non-hydrogen) atoms. The maximum absolute atomic E-state index is 11.7. The van der Waals surface area contributed by atoms with Gasteiger partial charge in [0.05, 0.1) is 6.20 Å². The zero-order valence-electron chi connectivity index (χ0n) is 15.3. The summed E-state index contributed by atoms with van der Waals surface area (Å²) in [5.74, 6) is 0.765. The van der Waals surface area contributed by atoms with Gasteiger partial charge in [-0.3, -0.25) is 9.69 Å². The molecular weight excluding hydrogens is 320 g/mol. The maximum Gasteiger partial charge on any atom is 0.280 e. The van der Waals surface area contributed by atoms with E-state index in [-0.39, 0.29) is 5.91 Å². The van der Waals surface area contributed by atoms with Gasteiger partial charge in [-0.05, 0) is 30.6 Å². The molecule has 0 radical (unpaired) electrons. The van der Waals surface area contributed by atoms with Gasteiger partial charge in [0.2, 0.25) is 0 Å². The lowest BCUT2D eigenvalue weighted by Gasteiger charge is -2.39. The molecule has 1 N–H and O–H groups in total. The third kappa shape index (κ3) is 3.75. The van der Waals surface area contributed by atoms with E-state index in [4.69, 9.17) is 0 Å². The second-order valence-electron chi connectivity index (χ2n) is 8.14. The van der Waals surface area contributed by atoms with Gasteiger partial charge >= 0.3 is 0 Å². The summed E-state index contributed by atoms with van der Waals surface area (Å²) in [5, 5.41) is 4.31. The van der Waals surface area contributed by atoms with Crippen molar-refractivity contribution in [2.24, 2.45) is 11.3 Å². The van der Waals surface area contributed by atoms with E-state index in [0.717, 1.165) is 43.1 Å². The Kier molecular flexibility index (Phi) is 5.16. The molecule has 134 valence electrons. The summed E-state index contributed by atoms with van der Waals surface area (Å²) in [5.41, 5.74) is 0.440. The van der Waals surface area contributed by atoms with Crippen LogP contribution < -0.4 is 10.2 Å². The molecular formula is C18H30N4OS. The highest BCUT2D eigenvalue weighted by Crippen LogP contribution is 2.41. The highest BCUT2D eigenvalue weighted by atomic mass is 32.1. The Morgan fingerprint density at radius 3 is 2.54 bits per heavy atom. The summed E-state index contributed by atoms with van der Waals surface area (Å²) in [6.45, 7) is 11.4. The maximum atomic E-state index is 11.7. The van der Waals surface area contributed by atoms with E-state index in [9.17, 15) is 4.79 Å². The molecule has 3 rings (SSSR count). The SMILES string of the molecule is CNC(=O)c1ncc(N2CCN(C3CCC(C(C)(C)C)C3)CC2)s1. The first-order valence-electron chi connectivity index (χ1n) is 9.05. The summed E-state index contributed by atoms with van der Waals surface area (Å²) in [6, 6.07) is 0.763. The molecule has 2 atom stereocenters. The minimum atomic E-state index is -0.0935. The van der Waals surface area contributed by atoms with E-state index < -0.39 is 0 Å². The highest BCUT2D eigenvalue weighted by Gasteiger charge is 2.36. The fourth-order valence-corrected chi connectivity index (χ4v) is 4.92. The molecule has 5 nitrogen and oxygen atoms in total. The normalized spacial score (nSPS) is 25.9. The van der Waals surface area contributed by atoms with Crippen molar-refractivity contribution in [1.82, 2.24) is 15.2 Å². The van der Waals surface area contributed by atoms with Gasteiger partial charge in [-0.15, -0.1) is 0 Å². The van der Waals surface area contributed by atoms with Crippen LogP contribution >= 0.6 is 11.3 Å². The van der Waals surface area contributed by atoms with Crippen molar-refractivity contribution in [3.63, 3.8) is 0 Å². The highest BCUT2D eigenvalue weighted by molar-refractivity contribution is 7.17. The van der Waals surface area contributed by atoms with E-state index in [1.165, 1.54) is 30.6 Å². The van der Waals surface area contributed by atoms with Gasteiger partial charge < -0.3 is 10.2 Å². The zero-order valence-corrected chi connectivity index (χ0v) is 16.2. The molecule has 6 heteroatoms. The Labute approximate surface area is 149 Å². The minimum Gasteiger partial charge on any atom is -0.360 e. The number of hydrogen-bond acceptors (Lipinski definition) is 5. The first kappa shape index (κ1) is 17.7. The molecule has 1 saturated heterocycles. The number of anilines is 1. The van der Waals surface area contributed by atoms with Gasteiger partial charge in [0.1, 0.15) is 5.00 Å². The van der Waals surface area contributed by atoms with Gasteiger partial charge in [0, 0.05) is 39.3 Å². The minimum absolute atomic E-state index is 0.0935. The van der Waals surface area contributed by atoms with Crippen LogP contribution in [0.5, 0.6) is 0 Å². The summed E-state index contributed by atoms with van der Waals surface area (Å²) in [7, 11) is 1.65. The number of rotatable bonds is 3. The molecule has 1 aliphatic carbocycles. The Morgan fingerprint density at radius 1 is 1.25 bits per heavy atom. The monoisotopic (exact) mass is 350 g/mol. The number of nitrogens with zero attached hydrogens (tertiary/aromatic N) is 3. The molecule has 0 bridgehead atoms. The molecule has 1 aliphatic heterocycles. The van der Waals surface area contributed by atoms with Gasteiger partial charge in [0.25, 0.3) is 5.91 Å². The molecule has 1 aromatic heterocycles. The third-order valence-corrected chi connectivity index (χ3v) is 6.74. The predicted molar refractivity (Wildman–Crippen MR) is 99.9 cm³/mol. The van der Waals surface area contributed by atoms with E-state index >= 15 is 0 Å². The van der Waals surface area contributed by atoms with Gasteiger partial charge in [-0.25, -0.2) is 4.98 Å². The van der Waals surface area contributed by atoms with E-state index in [1.54, 1.807) is 7.05 Å². The first-order chi connectivity index (χ1) is 11.4. The average molecular weight is 351 g/mol. The number of nitrogens with one attached hydrogen (secondary N) is 1. The smallest absolute Gasteiger partial charge is 0.280 e. The Morgan fingerprint density at radius 2 is 1.96 bits per heavy atom. The van der Waals surface area contributed by atoms with Crippen molar-refractivity contribution >= 4 is 22.2 Å². The van der Waals surface area contributed by atoms with E-state index in [0.29, 0.717) is 10.4 Å².